The van der Waals surface area contributed by atoms with E-state index in [2.05, 4.69) is 10.5 Å². The smallest absolute Gasteiger partial charge is 0.226 e. The Labute approximate surface area is 126 Å². The van der Waals surface area contributed by atoms with Gasteiger partial charge in [-0.3, -0.25) is 4.79 Å². The molecule has 22 heavy (non-hydrogen) atoms. The first-order valence-electron chi connectivity index (χ1n) is 7.01. The van der Waals surface area contributed by atoms with Gasteiger partial charge in [-0.1, -0.05) is 29.4 Å². The number of fused-ring (bicyclic) bond motifs is 1. The van der Waals surface area contributed by atoms with Crippen LogP contribution >= 0.6 is 0 Å². The number of amides is 1. The molecule has 0 aliphatic rings. The van der Waals surface area contributed by atoms with Gasteiger partial charge in [-0.15, -0.1) is 0 Å². The highest BCUT2D eigenvalue weighted by Crippen LogP contribution is 2.19. The van der Waals surface area contributed by atoms with Crippen molar-refractivity contribution in [1.29, 1.82) is 0 Å². The molecule has 0 saturated carbocycles. The molecule has 0 bridgehead atoms. The number of hydrogen-bond acceptors (Lipinski definition) is 3. The third-order valence-corrected chi connectivity index (χ3v) is 3.53. The minimum Gasteiger partial charge on any atom is -0.356 e. The van der Waals surface area contributed by atoms with Crippen LogP contribution in [0.3, 0.4) is 0 Å². The number of nitrogens with zero attached hydrogens (tertiary/aromatic N) is 1. The minimum atomic E-state index is -0.295. The maximum atomic E-state index is 12.9. The molecule has 3 rings (SSSR count). The summed E-state index contributed by atoms with van der Waals surface area (Å²) in [4.78, 5) is 12.1. The fraction of sp³-hybridized carbons (Fsp3) is 0.176. The predicted molar refractivity (Wildman–Crippen MR) is 80.7 cm³/mol. The molecule has 0 spiro atoms. The Balaban J connectivity index is 1.68. The summed E-state index contributed by atoms with van der Waals surface area (Å²) in [5.41, 5.74) is 2.12. The van der Waals surface area contributed by atoms with Crippen molar-refractivity contribution in [3.63, 3.8) is 0 Å². The summed E-state index contributed by atoms with van der Waals surface area (Å²) in [5, 5.41) is 7.66. The summed E-state index contributed by atoms with van der Waals surface area (Å²) >= 11 is 0. The van der Waals surface area contributed by atoms with E-state index in [-0.39, 0.29) is 24.2 Å². The fourth-order valence-electron chi connectivity index (χ4n) is 2.34. The maximum absolute atomic E-state index is 12.9. The molecular formula is C17H15FN2O2. The van der Waals surface area contributed by atoms with E-state index in [1.54, 1.807) is 12.1 Å². The number of carbonyl (C=O) groups is 1. The number of benzene rings is 2. The maximum Gasteiger partial charge on any atom is 0.226 e. The summed E-state index contributed by atoms with van der Waals surface area (Å²) in [6, 6.07) is 13.3. The lowest BCUT2D eigenvalue weighted by molar-refractivity contribution is -0.121. The first kappa shape index (κ1) is 14.3. The van der Waals surface area contributed by atoms with E-state index in [4.69, 9.17) is 4.52 Å². The molecule has 1 atom stereocenters. The summed E-state index contributed by atoms with van der Waals surface area (Å²) in [6.45, 7) is 1.85. The summed E-state index contributed by atoms with van der Waals surface area (Å²) in [7, 11) is 0. The normalized spacial score (nSPS) is 12.3. The zero-order chi connectivity index (χ0) is 15.5. The Kier molecular flexibility index (Phi) is 3.87. The van der Waals surface area contributed by atoms with Crippen molar-refractivity contribution in [2.24, 2.45) is 0 Å². The Morgan fingerprint density at radius 2 is 1.95 bits per heavy atom. The standard InChI is InChI=1S/C17H15FN2O2/c1-11(12-6-8-13(18)9-7-12)19-17(21)10-15-14-4-2-3-5-16(14)22-20-15/h2-9,11H,10H2,1H3,(H,19,21)/t11-/m0/s1. The number of nitrogens with one attached hydrogen (secondary N) is 1. The van der Waals surface area contributed by atoms with Gasteiger partial charge < -0.3 is 9.84 Å². The van der Waals surface area contributed by atoms with Gasteiger partial charge in [-0.2, -0.15) is 0 Å². The van der Waals surface area contributed by atoms with Gasteiger partial charge in [0, 0.05) is 5.39 Å². The molecule has 3 aromatic rings. The van der Waals surface area contributed by atoms with Crippen molar-refractivity contribution in [2.75, 3.05) is 0 Å². The van der Waals surface area contributed by atoms with Crippen LogP contribution < -0.4 is 5.32 Å². The number of halogens is 1. The minimum absolute atomic E-state index is 0.141. The van der Waals surface area contributed by atoms with Crippen molar-refractivity contribution >= 4 is 16.9 Å². The molecule has 0 fully saturated rings. The van der Waals surface area contributed by atoms with Crippen LogP contribution in [-0.2, 0) is 11.2 Å². The van der Waals surface area contributed by atoms with Gasteiger partial charge in [-0.05, 0) is 36.8 Å². The van der Waals surface area contributed by atoms with Crippen LogP contribution in [0.2, 0.25) is 0 Å². The lowest BCUT2D eigenvalue weighted by atomic mass is 10.1. The van der Waals surface area contributed by atoms with Crippen LogP contribution in [0.25, 0.3) is 11.0 Å². The van der Waals surface area contributed by atoms with E-state index in [1.165, 1.54) is 12.1 Å². The van der Waals surface area contributed by atoms with E-state index >= 15 is 0 Å². The average Bonchev–Trinajstić information content (AvgIpc) is 2.91. The molecule has 1 heterocycles. The van der Waals surface area contributed by atoms with E-state index in [1.807, 2.05) is 31.2 Å². The Morgan fingerprint density at radius 3 is 2.73 bits per heavy atom. The number of hydrogen-bond donors (Lipinski definition) is 1. The van der Waals surface area contributed by atoms with Gasteiger partial charge in [0.15, 0.2) is 5.58 Å². The molecule has 1 N–H and O–H groups in total. The van der Waals surface area contributed by atoms with Crippen molar-refractivity contribution < 1.29 is 13.7 Å². The van der Waals surface area contributed by atoms with Crippen LogP contribution in [0.5, 0.6) is 0 Å². The van der Waals surface area contributed by atoms with E-state index < -0.39 is 0 Å². The van der Waals surface area contributed by atoms with Crippen LogP contribution in [0.15, 0.2) is 53.1 Å². The predicted octanol–water partition coefficient (Wildman–Crippen LogP) is 3.39. The number of carbonyl (C=O) groups excluding carboxylic acids is 1. The van der Waals surface area contributed by atoms with Gasteiger partial charge in [0.05, 0.1) is 12.5 Å². The number of aromatic nitrogens is 1. The lowest BCUT2D eigenvalue weighted by Crippen LogP contribution is -2.28. The van der Waals surface area contributed by atoms with Crippen LogP contribution in [0.4, 0.5) is 4.39 Å². The first-order valence-corrected chi connectivity index (χ1v) is 7.01. The third-order valence-electron chi connectivity index (χ3n) is 3.53. The van der Waals surface area contributed by atoms with Gasteiger partial charge in [-0.25, -0.2) is 4.39 Å². The molecule has 5 heteroatoms. The number of rotatable bonds is 4. The topological polar surface area (TPSA) is 55.1 Å². The second-order valence-electron chi connectivity index (χ2n) is 5.14. The van der Waals surface area contributed by atoms with Gasteiger partial charge in [0.1, 0.15) is 11.5 Å². The number of para-hydroxylation sites is 1. The van der Waals surface area contributed by atoms with Crippen LogP contribution in [0.1, 0.15) is 24.2 Å². The molecule has 0 saturated heterocycles. The summed E-state index contributed by atoms with van der Waals surface area (Å²) in [5.74, 6) is -0.452. The molecule has 0 unspecified atom stereocenters. The van der Waals surface area contributed by atoms with Gasteiger partial charge in [0.25, 0.3) is 0 Å². The van der Waals surface area contributed by atoms with Crippen molar-refractivity contribution in [3.8, 4) is 0 Å². The monoisotopic (exact) mass is 298 g/mol. The Bertz CT molecular complexity index is 796. The van der Waals surface area contributed by atoms with Gasteiger partial charge in [0.2, 0.25) is 5.91 Å². The fourth-order valence-corrected chi connectivity index (χ4v) is 2.34. The molecule has 1 aromatic heterocycles. The largest absolute Gasteiger partial charge is 0.356 e. The molecule has 0 aliphatic carbocycles. The Morgan fingerprint density at radius 1 is 1.23 bits per heavy atom. The molecule has 0 radical (unpaired) electrons. The van der Waals surface area contributed by atoms with E-state index in [9.17, 15) is 9.18 Å². The second-order valence-corrected chi connectivity index (χ2v) is 5.14. The molecule has 4 nitrogen and oxygen atoms in total. The third kappa shape index (κ3) is 2.98. The summed E-state index contributed by atoms with van der Waals surface area (Å²) in [6.07, 6.45) is 0.141. The zero-order valence-corrected chi connectivity index (χ0v) is 12.0. The molecule has 2 aromatic carbocycles. The van der Waals surface area contributed by atoms with Crippen LogP contribution in [0, 0.1) is 5.82 Å². The SMILES string of the molecule is C[C@H](NC(=O)Cc1noc2ccccc12)c1ccc(F)cc1. The van der Waals surface area contributed by atoms with Gasteiger partial charge >= 0.3 is 0 Å². The average molecular weight is 298 g/mol. The van der Waals surface area contributed by atoms with Crippen molar-refractivity contribution in [3.05, 3.63) is 65.6 Å². The molecular weight excluding hydrogens is 283 g/mol. The van der Waals surface area contributed by atoms with E-state index in [0.29, 0.717) is 11.3 Å². The highest BCUT2D eigenvalue weighted by atomic mass is 19.1. The lowest BCUT2D eigenvalue weighted by Gasteiger charge is -2.13. The summed E-state index contributed by atoms with van der Waals surface area (Å²) < 4.78 is 18.1. The quantitative estimate of drug-likeness (QED) is 0.803. The first-order chi connectivity index (χ1) is 10.6. The molecule has 112 valence electrons. The highest BCUT2D eigenvalue weighted by molar-refractivity contribution is 5.86. The van der Waals surface area contributed by atoms with E-state index in [0.717, 1.165) is 10.9 Å². The molecule has 0 aliphatic heterocycles. The zero-order valence-electron chi connectivity index (χ0n) is 12.0. The van der Waals surface area contributed by atoms with Crippen LogP contribution in [-0.4, -0.2) is 11.1 Å². The van der Waals surface area contributed by atoms with Crippen molar-refractivity contribution in [1.82, 2.24) is 10.5 Å². The Hall–Kier alpha value is -2.69. The van der Waals surface area contributed by atoms with Crippen molar-refractivity contribution in [2.45, 2.75) is 19.4 Å². The highest BCUT2D eigenvalue weighted by Gasteiger charge is 2.14. The second kappa shape index (κ2) is 5.97. The molecule has 1 amide bonds.